The molecular weight excluding hydrogens is 253 g/mol. The van der Waals surface area contributed by atoms with Gasteiger partial charge in [-0.25, -0.2) is 9.37 Å². The zero-order chi connectivity index (χ0) is 13.9. The number of hydrogen-bond donors (Lipinski definition) is 2. The summed E-state index contributed by atoms with van der Waals surface area (Å²) in [5, 5.41) is 0. The van der Waals surface area contributed by atoms with Crippen LogP contribution >= 0.6 is 0 Å². The molecule has 1 heterocycles. The van der Waals surface area contributed by atoms with Crippen LogP contribution in [0.5, 0.6) is 0 Å². The molecule has 1 unspecified atom stereocenters. The Morgan fingerprint density at radius 3 is 2.70 bits per heavy atom. The van der Waals surface area contributed by atoms with Crippen LogP contribution in [0.15, 0.2) is 48.5 Å². The molecule has 0 saturated heterocycles. The van der Waals surface area contributed by atoms with E-state index in [0.29, 0.717) is 12.1 Å². The molecule has 3 N–H and O–H groups in total. The van der Waals surface area contributed by atoms with Gasteiger partial charge in [0.1, 0.15) is 11.6 Å². The van der Waals surface area contributed by atoms with E-state index in [0.717, 1.165) is 17.8 Å². The van der Waals surface area contributed by atoms with Crippen molar-refractivity contribution in [3.8, 4) is 0 Å². The maximum atomic E-state index is 13.2. The highest BCUT2D eigenvalue weighted by molar-refractivity contribution is 5.75. The monoisotopic (exact) mass is 269 g/mol. The first-order chi connectivity index (χ1) is 9.76. The van der Waals surface area contributed by atoms with Crippen molar-refractivity contribution >= 4 is 11.0 Å². The SMILES string of the molecule is NCC(Cc1ccccc1)c1nc2ccc(F)cc2[nH]1. The lowest BCUT2D eigenvalue weighted by Crippen LogP contribution is -2.16. The highest BCUT2D eigenvalue weighted by atomic mass is 19.1. The van der Waals surface area contributed by atoms with Gasteiger partial charge in [0.15, 0.2) is 0 Å². The Hall–Kier alpha value is -2.20. The fourth-order valence-electron chi connectivity index (χ4n) is 2.39. The van der Waals surface area contributed by atoms with Crippen LogP contribution < -0.4 is 5.73 Å². The van der Waals surface area contributed by atoms with Crippen LogP contribution in [0.2, 0.25) is 0 Å². The Morgan fingerprint density at radius 1 is 1.15 bits per heavy atom. The van der Waals surface area contributed by atoms with E-state index in [-0.39, 0.29) is 11.7 Å². The average Bonchev–Trinajstić information content (AvgIpc) is 2.88. The molecule has 3 nitrogen and oxygen atoms in total. The second-order valence-electron chi connectivity index (χ2n) is 4.91. The molecule has 0 aliphatic heterocycles. The van der Waals surface area contributed by atoms with Gasteiger partial charge in [0.05, 0.1) is 11.0 Å². The number of halogens is 1. The van der Waals surface area contributed by atoms with E-state index in [4.69, 9.17) is 5.73 Å². The van der Waals surface area contributed by atoms with E-state index in [1.54, 1.807) is 6.07 Å². The Kier molecular flexibility index (Phi) is 3.48. The molecule has 1 aromatic heterocycles. The van der Waals surface area contributed by atoms with E-state index >= 15 is 0 Å². The molecule has 0 aliphatic carbocycles. The molecule has 0 amide bonds. The fourth-order valence-corrected chi connectivity index (χ4v) is 2.39. The molecule has 0 fully saturated rings. The number of aromatic amines is 1. The molecule has 0 saturated carbocycles. The van der Waals surface area contributed by atoms with Crippen molar-refractivity contribution < 1.29 is 4.39 Å². The lowest BCUT2D eigenvalue weighted by Gasteiger charge is -2.11. The van der Waals surface area contributed by atoms with Gasteiger partial charge in [-0.2, -0.15) is 0 Å². The van der Waals surface area contributed by atoms with Gasteiger partial charge in [0.25, 0.3) is 0 Å². The molecule has 102 valence electrons. The summed E-state index contributed by atoms with van der Waals surface area (Å²) in [6, 6.07) is 14.7. The quantitative estimate of drug-likeness (QED) is 0.765. The van der Waals surface area contributed by atoms with Crippen molar-refractivity contribution in [1.82, 2.24) is 9.97 Å². The van der Waals surface area contributed by atoms with Gasteiger partial charge in [0.2, 0.25) is 0 Å². The summed E-state index contributed by atoms with van der Waals surface area (Å²) < 4.78 is 13.2. The van der Waals surface area contributed by atoms with Gasteiger partial charge in [0, 0.05) is 12.5 Å². The normalized spacial score (nSPS) is 12.7. The molecule has 2 aromatic carbocycles. The molecular formula is C16H16FN3. The maximum Gasteiger partial charge on any atom is 0.125 e. The van der Waals surface area contributed by atoms with E-state index < -0.39 is 0 Å². The summed E-state index contributed by atoms with van der Waals surface area (Å²) in [7, 11) is 0. The number of benzene rings is 2. The Bertz CT molecular complexity index is 706. The minimum absolute atomic E-state index is 0.105. The van der Waals surface area contributed by atoms with E-state index in [9.17, 15) is 4.39 Å². The second-order valence-corrected chi connectivity index (χ2v) is 4.91. The van der Waals surface area contributed by atoms with Gasteiger partial charge < -0.3 is 10.7 Å². The number of H-pyrrole nitrogens is 1. The van der Waals surface area contributed by atoms with Crippen LogP contribution in [0.4, 0.5) is 4.39 Å². The number of rotatable bonds is 4. The third-order valence-electron chi connectivity index (χ3n) is 3.46. The number of nitrogens with one attached hydrogen (secondary N) is 1. The lowest BCUT2D eigenvalue weighted by atomic mass is 9.99. The summed E-state index contributed by atoms with van der Waals surface area (Å²) in [6.07, 6.45) is 0.819. The topological polar surface area (TPSA) is 54.7 Å². The molecule has 20 heavy (non-hydrogen) atoms. The maximum absolute atomic E-state index is 13.2. The van der Waals surface area contributed by atoms with Crippen molar-refractivity contribution in [2.75, 3.05) is 6.54 Å². The third-order valence-corrected chi connectivity index (χ3v) is 3.46. The number of nitrogens with two attached hydrogens (primary N) is 1. The number of imidazole rings is 1. The fraction of sp³-hybridized carbons (Fsp3) is 0.188. The molecule has 0 bridgehead atoms. The van der Waals surface area contributed by atoms with Crippen LogP contribution in [0.3, 0.4) is 0 Å². The molecule has 0 radical (unpaired) electrons. The second kappa shape index (κ2) is 5.43. The predicted molar refractivity (Wildman–Crippen MR) is 78.0 cm³/mol. The number of fused-ring (bicyclic) bond motifs is 1. The lowest BCUT2D eigenvalue weighted by molar-refractivity contribution is 0.629. The molecule has 4 heteroatoms. The van der Waals surface area contributed by atoms with Gasteiger partial charge in [-0.15, -0.1) is 0 Å². The van der Waals surface area contributed by atoms with Gasteiger partial charge in [-0.3, -0.25) is 0 Å². The summed E-state index contributed by atoms with van der Waals surface area (Å²) in [5.41, 5.74) is 8.57. The van der Waals surface area contributed by atoms with Crippen molar-refractivity contribution in [3.05, 3.63) is 65.7 Å². The first-order valence-corrected chi connectivity index (χ1v) is 6.65. The molecule has 0 aliphatic rings. The smallest absolute Gasteiger partial charge is 0.125 e. The van der Waals surface area contributed by atoms with Crippen LogP contribution in [0.1, 0.15) is 17.3 Å². The van der Waals surface area contributed by atoms with E-state index in [1.807, 2.05) is 18.2 Å². The van der Waals surface area contributed by atoms with Crippen LogP contribution in [-0.4, -0.2) is 16.5 Å². The van der Waals surface area contributed by atoms with Gasteiger partial charge in [-0.05, 0) is 30.2 Å². The zero-order valence-electron chi connectivity index (χ0n) is 11.0. The molecule has 0 spiro atoms. The average molecular weight is 269 g/mol. The Balaban J connectivity index is 1.91. The Morgan fingerprint density at radius 2 is 1.95 bits per heavy atom. The first kappa shape index (κ1) is 12.8. The minimum Gasteiger partial charge on any atom is -0.342 e. The molecule has 1 atom stereocenters. The number of hydrogen-bond acceptors (Lipinski definition) is 2. The number of nitrogens with zero attached hydrogens (tertiary/aromatic N) is 1. The Labute approximate surface area is 116 Å². The highest BCUT2D eigenvalue weighted by Gasteiger charge is 2.15. The predicted octanol–water partition coefficient (Wildman–Crippen LogP) is 2.99. The largest absolute Gasteiger partial charge is 0.342 e. The third kappa shape index (κ3) is 2.56. The summed E-state index contributed by atoms with van der Waals surface area (Å²) >= 11 is 0. The molecule has 3 rings (SSSR count). The minimum atomic E-state index is -0.264. The summed E-state index contributed by atoms with van der Waals surface area (Å²) in [4.78, 5) is 7.70. The van der Waals surface area contributed by atoms with Gasteiger partial charge >= 0.3 is 0 Å². The van der Waals surface area contributed by atoms with E-state index in [2.05, 4.69) is 22.1 Å². The molecule has 3 aromatic rings. The highest BCUT2D eigenvalue weighted by Crippen LogP contribution is 2.21. The summed E-state index contributed by atoms with van der Waals surface area (Å²) in [5.74, 6) is 0.657. The first-order valence-electron chi connectivity index (χ1n) is 6.65. The number of aromatic nitrogens is 2. The van der Waals surface area contributed by atoms with Crippen molar-refractivity contribution in [2.45, 2.75) is 12.3 Å². The van der Waals surface area contributed by atoms with Crippen LogP contribution in [0, 0.1) is 5.82 Å². The van der Waals surface area contributed by atoms with Crippen molar-refractivity contribution in [3.63, 3.8) is 0 Å². The van der Waals surface area contributed by atoms with Crippen molar-refractivity contribution in [1.29, 1.82) is 0 Å². The van der Waals surface area contributed by atoms with E-state index in [1.165, 1.54) is 17.7 Å². The zero-order valence-corrected chi connectivity index (χ0v) is 11.0. The van der Waals surface area contributed by atoms with Crippen LogP contribution in [-0.2, 0) is 6.42 Å². The standard InChI is InChI=1S/C16H16FN3/c17-13-6-7-14-15(9-13)20-16(19-14)12(10-18)8-11-4-2-1-3-5-11/h1-7,9,12H,8,10,18H2,(H,19,20). The van der Waals surface area contributed by atoms with Crippen molar-refractivity contribution in [2.24, 2.45) is 5.73 Å². The summed E-state index contributed by atoms with van der Waals surface area (Å²) in [6.45, 7) is 0.497. The van der Waals surface area contributed by atoms with Crippen LogP contribution in [0.25, 0.3) is 11.0 Å². The van der Waals surface area contributed by atoms with Gasteiger partial charge in [-0.1, -0.05) is 30.3 Å².